The minimum Gasteiger partial charge on any atom is -0.371 e. The molecule has 3 nitrogen and oxygen atoms in total. The molecule has 1 saturated heterocycles. The smallest absolute Gasteiger partial charge is 0.252 e. The Hall–Kier alpha value is -0.770. The summed E-state index contributed by atoms with van der Waals surface area (Å²) in [6, 6.07) is 4.80. The van der Waals surface area contributed by atoms with E-state index in [1.165, 1.54) is 0 Å². The fourth-order valence-corrected chi connectivity index (χ4v) is 1.53. The van der Waals surface area contributed by atoms with Crippen molar-refractivity contribution < 1.29 is 9.53 Å². The molecule has 1 aliphatic rings. The molecule has 1 fully saturated rings. The molecule has 80 valence electrons. The number of halogens is 2. The maximum absolute atomic E-state index is 11.6. The average molecular weight is 246 g/mol. The molecule has 0 aliphatic carbocycles. The monoisotopic (exact) mass is 245 g/mol. The van der Waals surface area contributed by atoms with Crippen LogP contribution >= 0.6 is 23.2 Å². The van der Waals surface area contributed by atoms with Crippen LogP contribution in [0.5, 0.6) is 0 Å². The zero-order chi connectivity index (χ0) is 10.8. The summed E-state index contributed by atoms with van der Waals surface area (Å²) in [6.45, 7) is 1.23. The Morgan fingerprint density at radius 1 is 1.53 bits per heavy atom. The van der Waals surface area contributed by atoms with Gasteiger partial charge in [0.05, 0.1) is 23.3 Å². The Morgan fingerprint density at radius 2 is 2.27 bits per heavy atom. The summed E-state index contributed by atoms with van der Waals surface area (Å²) in [5, 5.41) is 3.61. The van der Waals surface area contributed by atoms with Gasteiger partial charge in [0.2, 0.25) is 0 Å². The normalized spacial score (nSPS) is 18.7. The highest BCUT2D eigenvalue weighted by Crippen LogP contribution is 2.20. The van der Waals surface area contributed by atoms with E-state index in [2.05, 4.69) is 5.32 Å². The molecule has 1 aromatic rings. The molecular weight excluding hydrogens is 237 g/mol. The Bertz CT molecular complexity index is 391. The molecule has 0 unspecified atom stereocenters. The van der Waals surface area contributed by atoms with Gasteiger partial charge in [-0.1, -0.05) is 23.2 Å². The quantitative estimate of drug-likeness (QED) is 0.830. The molecule has 0 bridgehead atoms. The number of nitrogens with one attached hydrogen (secondary N) is 1. The third-order valence-electron chi connectivity index (χ3n) is 2.07. The van der Waals surface area contributed by atoms with Crippen molar-refractivity contribution in [1.82, 2.24) is 5.32 Å². The van der Waals surface area contributed by atoms with Gasteiger partial charge in [-0.2, -0.15) is 0 Å². The standard InChI is InChI=1S/C10H9Cl2NO2/c11-6-1-2-9(12)8(3-6)10(14)13-4-7-5-15-7/h1-3,7H,4-5H2,(H,13,14)/t7-/m1/s1. The van der Waals surface area contributed by atoms with Gasteiger partial charge >= 0.3 is 0 Å². The molecule has 0 saturated carbocycles. The van der Waals surface area contributed by atoms with E-state index in [-0.39, 0.29) is 12.0 Å². The third kappa shape index (κ3) is 2.84. The largest absolute Gasteiger partial charge is 0.371 e. The molecule has 0 spiro atoms. The molecule has 2 rings (SSSR count). The summed E-state index contributed by atoms with van der Waals surface area (Å²) >= 11 is 11.6. The summed E-state index contributed by atoms with van der Waals surface area (Å²) in [6.07, 6.45) is 0.159. The lowest BCUT2D eigenvalue weighted by molar-refractivity contribution is 0.0950. The lowest BCUT2D eigenvalue weighted by Gasteiger charge is -2.05. The van der Waals surface area contributed by atoms with Crippen molar-refractivity contribution in [1.29, 1.82) is 0 Å². The SMILES string of the molecule is O=C(NC[C@@H]1CO1)c1cc(Cl)ccc1Cl. The minimum atomic E-state index is -0.224. The van der Waals surface area contributed by atoms with Crippen molar-refractivity contribution in [3.05, 3.63) is 33.8 Å². The molecule has 1 N–H and O–H groups in total. The zero-order valence-electron chi connectivity index (χ0n) is 7.80. The van der Waals surface area contributed by atoms with Crippen molar-refractivity contribution in [3.8, 4) is 0 Å². The van der Waals surface area contributed by atoms with Crippen LogP contribution in [-0.2, 0) is 4.74 Å². The van der Waals surface area contributed by atoms with Crippen LogP contribution in [0.2, 0.25) is 10.0 Å². The fourth-order valence-electron chi connectivity index (χ4n) is 1.16. The highest BCUT2D eigenvalue weighted by molar-refractivity contribution is 6.35. The van der Waals surface area contributed by atoms with Crippen molar-refractivity contribution in [2.45, 2.75) is 6.10 Å². The number of ether oxygens (including phenoxy) is 1. The molecule has 5 heteroatoms. The van der Waals surface area contributed by atoms with Crippen LogP contribution in [0.4, 0.5) is 0 Å². The van der Waals surface area contributed by atoms with Crippen molar-refractivity contribution in [3.63, 3.8) is 0 Å². The first kappa shape index (κ1) is 10.7. The molecule has 15 heavy (non-hydrogen) atoms. The highest BCUT2D eigenvalue weighted by atomic mass is 35.5. The number of hydrogen-bond acceptors (Lipinski definition) is 2. The second-order valence-corrected chi connectivity index (χ2v) is 4.13. The van der Waals surface area contributed by atoms with Crippen molar-refractivity contribution in [2.24, 2.45) is 0 Å². The van der Waals surface area contributed by atoms with Gasteiger partial charge in [0, 0.05) is 11.6 Å². The zero-order valence-corrected chi connectivity index (χ0v) is 9.31. The van der Waals surface area contributed by atoms with Crippen molar-refractivity contribution in [2.75, 3.05) is 13.2 Å². The molecule has 1 atom stereocenters. The average Bonchev–Trinajstić information content (AvgIpc) is 3.02. The van der Waals surface area contributed by atoms with Gasteiger partial charge in [-0.25, -0.2) is 0 Å². The van der Waals surface area contributed by atoms with E-state index in [0.29, 0.717) is 28.8 Å². The summed E-state index contributed by atoms with van der Waals surface area (Å²) in [4.78, 5) is 11.6. The van der Waals surface area contributed by atoms with Gasteiger partial charge in [-0.05, 0) is 18.2 Å². The van der Waals surface area contributed by atoms with E-state index in [9.17, 15) is 4.79 Å². The molecular formula is C10H9Cl2NO2. The summed E-state index contributed by atoms with van der Waals surface area (Å²) < 4.78 is 4.97. The van der Waals surface area contributed by atoms with Crippen molar-refractivity contribution >= 4 is 29.1 Å². The lowest BCUT2D eigenvalue weighted by Crippen LogP contribution is -2.27. The fraction of sp³-hybridized carbons (Fsp3) is 0.300. The number of benzene rings is 1. The van der Waals surface area contributed by atoms with Gasteiger partial charge in [0.1, 0.15) is 0 Å². The van der Waals surface area contributed by atoms with E-state index >= 15 is 0 Å². The Balaban J connectivity index is 2.05. The second-order valence-electron chi connectivity index (χ2n) is 3.29. The van der Waals surface area contributed by atoms with Crippen LogP contribution in [0.15, 0.2) is 18.2 Å². The number of epoxide rings is 1. The molecule has 1 aromatic carbocycles. The van der Waals surface area contributed by atoms with Crippen LogP contribution in [-0.4, -0.2) is 25.2 Å². The van der Waals surface area contributed by atoms with Crippen LogP contribution in [0, 0.1) is 0 Å². The Kier molecular flexibility index (Phi) is 3.14. The first-order valence-electron chi connectivity index (χ1n) is 4.51. The summed E-state index contributed by atoms with van der Waals surface area (Å²) in [5.41, 5.74) is 0.393. The molecule has 0 radical (unpaired) electrons. The topological polar surface area (TPSA) is 41.6 Å². The van der Waals surface area contributed by atoms with Crippen LogP contribution in [0.25, 0.3) is 0 Å². The van der Waals surface area contributed by atoms with E-state index in [1.807, 2.05) is 0 Å². The predicted molar refractivity (Wildman–Crippen MR) is 58.5 cm³/mol. The van der Waals surface area contributed by atoms with Crippen LogP contribution in [0.1, 0.15) is 10.4 Å². The minimum absolute atomic E-state index is 0.159. The van der Waals surface area contributed by atoms with Gasteiger partial charge in [0.25, 0.3) is 5.91 Å². The van der Waals surface area contributed by atoms with Gasteiger partial charge in [0.15, 0.2) is 0 Å². The highest BCUT2D eigenvalue weighted by Gasteiger charge is 2.23. The molecule has 1 aliphatic heterocycles. The molecule has 1 heterocycles. The number of rotatable bonds is 3. The van der Waals surface area contributed by atoms with Crippen LogP contribution in [0.3, 0.4) is 0 Å². The molecule has 1 amide bonds. The maximum Gasteiger partial charge on any atom is 0.252 e. The van der Waals surface area contributed by atoms with E-state index in [1.54, 1.807) is 18.2 Å². The number of carbonyl (C=O) groups is 1. The number of hydrogen-bond donors (Lipinski definition) is 1. The van der Waals surface area contributed by atoms with Crippen LogP contribution < -0.4 is 5.32 Å². The predicted octanol–water partition coefficient (Wildman–Crippen LogP) is 2.12. The second kappa shape index (κ2) is 4.39. The van der Waals surface area contributed by atoms with E-state index < -0.39 is 0 Å². The van der Waals surface area contributed by atoms with Gasteiger partial charge in [-0.15, -0.1) is 0 Å². The molecule has 0 aromatic heterocycles. The lowest BCUT2D eigenvalue weighted by atomic mass is 10.2. The number of amides is 1. The van der Waals surface area contributed by atoms with Gasteiger partial charge < -0.3 is 10.1 Å². The Morgan fingerprint density at radius 3 is 2.93 bits per heavy atom. The first-order chi connectivity index (χ1) is 7.16. The summed E-state index contributed by atoms with van der Waals surface area (Å²) in [7, 11) is 0. The van der Waals surface area contributed by atoms with E-state index in [4.69, 9.17) is 27.9 Å². The Labute approximate surface area is 97.3 Å². The third-order valence-corrected chi connectivity index (χ3v) is 2.63. The maximum atomic E-state index is 11.6. The summed E-state index contributed by atoms with van der Waals surface area (Å²) in [5.74, 6) is -0.224. The number of carbonyl (C=O) groups excluding carboxylic acids is 1. The first-order valence-corrected chi connectivity index (χ1v) is 5.27. The van der Waals surface area contributed by atoms with E-state index in [0.717, 1.165) is 0 Å². The van der Waals surface area contributed by atoms with Gasteiger partial charge in [-0.3, -0.25) is 4.79 Å².